The van der Waals surface area contributed by atoms with Gasteiger partial charge in [-0.25, -0.2) is 0 Å². The molecule has 0 bridgehead atoms. The van der Waals surface area contributed by atoms with Gasteiger partial charge in [0.15, 0.2) is 5.96 Å². The topological polar surface area (TPSA) is 48.9 Å². The van der Waals surface area contributed by atoms with Crippen LogP contribution in [0, 0.1) is 0 Å². The van der Waals surface area contributed by atoms with Crippen LogP contribution in [-0.2, 0) is 4.74 Å². The first-order valence-electron chi connectivity index (χ1n) is 8.09. The van der Waals surface area contributed by atoms with Crippen molar-refractivity contribution in [3.63, 3.8) is 0 Å². The molecule has 2 N–H and O–H groups in total. The van der Waals surface area contributed by atoms with Gasteiger partial charge in [-0.3, -0.25) is 4.99 Å². The zero-order valence-corrected chi connectivity index (χ0v) is 13.9. The number of ether oxygens (including phenoxy) is 1. The maximum absolute atomic E-state index is 5.76. The molecule has 0 saturated carbocycles. The highest BCUT2D eigenvalue weighted by Crippen LogP contribution is 2.11. The third-order valence-electron chi connectivity index (χ3n) is 3.79. The Labute approximate surface area is 133 Å². The summed E-state index contributed by atoms with van der Waals surface area (Å²) in [6.07, 6.45) is 0.182. The molecule has 1 aliphatic heterocycles. The molecule has 5 nitrogen and oxygen atoms in total. The predicted octanol–water partition coefficient (Wildman–Crippen LogP) is 1.63. The Morgan fingerprint density at radius 3 is 2.86 bits per heavy atom. The summed E-state index contributed by atoms with van der Waals surface area (Å²) in [5, 5.41) is 6.76. The Kier molecular flexibility index (Phi) is 6.68. The summed E-state index contributed by atoms with van der Waals surface area (Å²) in [4.78, 5) is 6.97. The minimum Gasteiger partial charge on any atom is -0.374 e. The summed E-state index contributed by atoms with van der Waals surface area (Å²) >= 11 is 0. The van der Waals surface area contributed by atoms with Crippen LogP contribution in [0.3, 0.4) is 0 Å². The number of rotatable bonds is 5. The number of hydrogen-bond donors (Lipinski definition) is 2. The van der Waals surface area contributed by atoms with Crippen LogP contribution in [0.15, 0.2) is 35.3 Å². The van der Waals surface area contributed by atoms with Crippen molar-refractivity contribution in [1.29, 1.82) is 0 Å². The first-order valence-corrected chi connectivity index (χ1v) is 8.09. The molecule has 0 spiro atoms. The first kappa shape index (κ1) is 16.8. The molecule has 1 aromatic rings. The summed E-state index contributed by atoms with van der Waals surface area (Å²) in [7, 11) is 2.13. The lowest BCUT2D eigenvalue weighted by atomic mass is 10.1. The fraction of sp³-hybridized carbons (Fsp3) is 0.588. The molecule has 2 rings (SSSR count). The minimum absolute atomic E-state index is 0.182. The third-order valence-corrected chi connectivity index (χ3v) is 3.79. The number of morpholine rings is 1. The van der Waals surface area contributed by atoms with Crippen LogP contribution in [0.5, 0.6) is 0 Å². The van der Waals surface area contributed by atoms with E-state index in [-0.39, 0.29) is 12.1 Å². The highest BCUT2D eigenvalue weighted by molar-refractivity contribution is 5.80. The van der Waals surface area contributed by atoms with Crippen molar-refractivity contribution >= 4 is 5.96 Å². The van der Waals surface area contributed by atoms with Gasteiger partial charge in [0, 0.05) is 19.6 Å². The first-order chi connectivity index (χ1) is 10.7. The molecule has 1 heterocycles. The van der Waals surface area contributed by atoms with Gasteiger partial charge in [0.25, 0.3) is 0 Å². The fourth-order valence-corrected chi connectivity index (χ4v) is 2.52. The molecule has 5 heteroatoms. The standard InChI is InChI=1S/C17H28N4O/c1-4-18-17(19-12-16-13-21(3)10-11-22-16)20-14(2)15-8-6-5-7-9-15/h5-9,14,16H,4,10-13H2,1-3H3,(H2,18,19,20). The van der Waals surface area contributed by atoms with E-state index in [0.29, 0.717) is 6.54 Å². The molecule has 122 valence electrons. The largest absolute Gasteiger partial charge is 0.374 e. The van der Waals surface area contributed by atoms with E-state index in [1.165, 1.54) is 5.56 Å². The molecular formula is C17H28N4O. The Morgan fingerprint density at radius 1 is 1.41 bits per heavy atom. The van der Waals surface area contributed by atoms with Crippen molar-refractivity contribution in [3.8, 4) is 0 Å². The van der Waals surface area contributed by atoms with Crippen molar-refractivity contribution in [3.05, 3.63) is 35.9 Å². The molecule has 22 heavy (non-hydrogen) atoms. The SMILES string of the molecule is CCNC(=NCC1CN(C)CCO1)NC(C)c1ccccc1. The van der Waals surface area contributed by atoms with Gasteiger partial charge < -0.3 is 20.3 Å². The van der Waals surface area contributed by atoms with Crippen molar-refractivity contribution in [2.75, 3.05) is 39.8 Å². The summed E-state index contributed by atoms with van der Waals surface area (Å²) in [6.45, 7) is 8.49. The lowest BCUT2D eigenvalue weighted by molar-refractivity contribution is -0.0136. The lowest BCUT2D eigenvalue weighted by Crippen LogP contribution is -2.43. The smallest absolute Gasteiger partial charge is 0.191 e. The number of nitrogens with zero attached hydrogens (tertiary/aromatic N) is 2. The van der Waals surface area contributed by atoms with E-state index in [1.807, 2.05) is 6.07 Å². The van der Waals surface area contributed by atoms with E-state index in [1.54, 1.807) is 0 Å². The van der Waals surface area contributed by atoms with Crippen LogP contribution >= 0.6 is 0 Å². The number of hydrogen-bond acceptors (Lipinski definition) is 3. The monoisotopic (exact) mass is 304 g/mol. The van der Waals surface area contributed by atoms with Crippen LogP contribution < -0.4 is 10.6 Å². The van der Waals surface area contributed by atoms with Gasteiger partial charge in [0.1, 0.15) is 0 Å². The number of benzene rings is 1. The third kappa shape index (κ3) is 5.31. The summed E-state index contributed by atoms with van der Waals surface area (Å²) < 4.78 is 5.76. The van der Waals surface area contributed by atoms with E-state index >= 15 is 0 Å². The highest BCUT2D eigenvalue weighted by atomic mass is 16.5. The van der Waals surface area contributed by atoms with E-state index in [2.05, 4.69) is 65.7 Å². The van der Waals surface area contributed by atoms with Gasteiger partial charge in [-0.1, -0.05) is 30.3 Å². The van der Waals surface area contributed by atoms with Crippen molar-refractivity contribution in [2.45, 2.75) is 26.0 Å². The molecule has 0 aromatic heterocycles. The molecule has 0 amide bonds. The highest BCUT2D eigenvalue weighted by Gasteiger charge is 2.17. The molecule has 1 aromatic carbocycles. The zero-order chi connectivity index (χ0) is 15.8. The molecule has 1 saturated heterocycles. The number of likely N-dealkylation sites (N-methyl/N-ethyl adjacent to an activating group) is 1. The second kappa shape index (κ2) is 8.76. The van der Waals surface area contributed by atoms with Gasteiger partial charge in [-0.05, 0) is 26.5 Å². The normalized spacial score (nSPS) is 21.4. The predicted molar refractivity (Wildman–Crippen MR) is 91.2 cm³/mol. The van der Waals surface area contributed by atoms with Gasteiger partial charge in [-0.2, -0.15) is 0 Å². The summed E-state index contributed by atoms with van der Waals surface area (Å²) in [5.74, 6) is 0.843. The average molecular weight is 304 g/mol. The Bertz CT molecular complexity index is 463. The summed E-state index contributed by atoms with van der Waals surface area (Å²) in [5.41, 5.74) is 1.25. The van der Waals surface area contributed by atoms with Crippen molar-refractivity contribution < 1.29 is 4.74 Å². The number of guanidine groups is 1. The van der Waals surface area contributed by atoms with Crippen LogP contribution in [0.2, 0.25) is 0 Å². The van der Waals surface area contributed by atoms with Crippen molar-refractivity contribution in [1.82, 2.24) is 15.5 Å². The lowest BCUT2D eigenvalue weighted by Gasteiger charge is -2.29. The second-order valence-electron chi connectivity index (χ2n) is 5.75. The maximum atomic E-state index is 5.76. The Balaban J connectivity index is 1.92. The molecule has 2 atom stereocenters. The molecule has 0 aliphatic carbocycles. The average Bonchev–Trinajstić information content (AvgIpc) is 2.54. The quantitative estimate of drug-likeness (QED) is 0.641. The fourth-order valence-electron chi connectivity index (χ4n) is 2.52. The van der Waals surface area contributed by atoms with E-state index in [9.17, 15) is 0 Å². The van der Waals surface area contributed by atoms with Crippen LogP contribution in [-0.4, -0.2) is 56.8 Å². The Morgan fingerprint density at radius 2 is 2.18 bits per heavy atom. The van der Waals surface area contributed by atoms with E-state index < -0.39 is 0 Å². The molecular weight excluding hydrogens is 276 g/mol. The molecule has 1 fully saturated rings. The van der Waals surface area contributed by atoms with Gasteiger partial charge in [-0.15, -0.1) is 0 Å². The number of aliphatic imine (C=N–C) groups is 1. The molecule has 2 unspecified atom stereocenters. The molecule has 0 radical (unpaired) electrons. The van der Waals surface area contributed by atoms with Crippen molar-refractivity contribution in [2.24, 2.45) is 4.99 Å². The van der Waals surface area contributed by atoms with Crippen LogP contribution in [0.1, 0.15) is 25.5 Å². The number of nitrogens with one attached hydrogen (secondary N) is 2. The van der Waals surface area contributed by atoms with Crippen LogP contribution in [0.25, 0.3) is 0 Å². The van der Waals surface area contributed by atoms with Gasteiger partial charge in [0.05, 0.1) is 25.3 Å². The summed E-state index contributed by atoms with van der Waals surface area (Å²) in [6, 6.07) is 10.6. The maximum Gasteiger partial charge on any atom is 0.191 e. The second-order valence-corrected chi connectivity index (χ2v) is 5.75. The zero-order valence-electron chi connectivity index (χ0n) is 13.9. The van der Waals surface area contributed by atoms with E-state index in [0.717, 1.165) is 32.2 Å². The molecule has 1 aliphatic rings. The van der Waals surface area contributed by atoms with Gasteiger partial charge in [0.2, 0.25) is 0 Å². The van der Waals surface area contributed by atoms with E-state index in [4.69, 9.17) is 4.74 Å². The Hall–Kier alpha value is -1.59. The minimum atomic E-state index is 0.182. The van der Waals surface area contributed by atoms with Gasteiger partial charge >= 0.3 is 0 Å². The van der Waals surface area contributed by atoms with Crippen LogP contribution in [0.4, 0.5) is 0 Å².